The van der Waals surface area contributed by atoms with E-state index in [0.29, 0.717) is 16.9 Å². The third-order valence-electron chi connectivity index (χ3n) is 2.61. The topological polar surface area (TPSA) is 74.2 Å². The highest BCUT2D eigenvalue weighted by atomic mass is 19.3. The van der Waals surface area contributed by atoms with E-state index in [-0.39, 0.29) is 5.75 Å². The summed E-state index contributed by atoms with van der Waals surface area (Å²) in [6, 6.07) is 13.3. The Kier molecular flexibility index (Phi) is 4.88. The van der Waals surface area contributed by atoms with Crippen molar-refractivity contribution in [2.75, 3.05) is 10.6 Å². The van der Waals surface area contributed by atoms with E-state index < -0.39 is 12.6 Å². The van der Waals surface area contributed by atoms with Crippen LogP contribution in [0.1, 0.15) is 5.56 Å². The van der Waals surface area contributed by atoms with E-state index in [9.17, 15) is 13.6 Å². The van der Waals surface area contributed by atoms with Crippen molar-refractivity contribution in [3.8, 4) is 11.8 Å². The second kappa shape index (κ2) is 7.04. The molecule has 0 fully saturated rings. The SMILES string of the molecule is N#Cc1ccc(NC(=O)Nc2ccc(OC(F)F)cc2)cc1. The van der Waals surface area contributed by atoms with Crippen molar-refractivity contribution >= 4 is 17.4 Å². The molecule has 112 valence electrons. The fraction of sp³-hybridized carbons (Fsp3) is 0.0667. The fourth-order valence-electron chi connectivity index (χ4n) is 1.64. The molecule has 0 saturated heterocycles. The summed E-state index contributed by atoms with van der Waals surface area (Å²) in [5.41, 5.74) is 1.43. The first kappa shape index (κ1) is 15.3. The lowest BCUT2D eigenvalue weighted by Crippen LogP contribution is -2.19. The molecule has 0 bridgehead atoms. The van der Waals surface area contributed by atoms with Crippen LogP contribution >= 0.6 is 0 Å². The van der Waals surface area contributed by atoms with Crippen LogP contribution in [0.2, 0.25) is 0 Å². The van der Waals surface area contributed by atoms with Crippen molar-refractivity contribution in [1.29, 1.82) is 5.26 Å². The predicted molar refractivity (Wildman–Crippen MR) is 76.9 cm³/mol. The second-order valence-corrected chi connectivity index (χ2v) is 4.17. The Hall–Kier alpha value is -3.14. The Balaban J connectivity index is 1.92. The van der Waals surface area contributed by atoms with Gasteiger partial charge in [0.1, 0.15) is 5.75 Å². The largest absolute Gasteiger partial charge is 0.435 e. The first-order chi connectivity index (χ1) is 10.6. The number of nitrogens with zero attached hydrogens (tertiary/aromatic N) is 1. The summed E-state index contributed by atoms with van der Waals surface area (Å²) < 4.78 is 28.2. The number of benzene rings is 2. The number of amides is 2. The number of hydrogen-bond donors (Lipinski definition) is 2. The molecule has 0 atom stereocenters. The van der Waals surface area contributed by atoms with Gasteiger partial charge >= 0.3 is 12.6 Å². The molecule has 2 aromatic carbocycles. The number of halogens is 2. The number of carbonyl (C=O) groups excluding carboxylic acids is 1. The van der Waals surface area contributed by atoms with Gasteiger partial charge < -0.3 is 15.4 Å². The van der Waals surface area contributed by atoms with E-state index in [1.54, 1.807) is 24.3 Å². The van der Waals surface area contributed by atoms with Crippen LogP contribution in [0.5, 0.6) is 5.75 Å². The Morgan fingerprint density at radius 2 is 1.50 bits per heavy atom. The minimum atomic E-state index is -2.89. The van der Waals surface area contributed by atoms with Crippen LogP contribution in [0.25, 0.3) is 0 Å². The molecule has 0 saturated carbocycles. The fourth-order valence-corrected chi connectivity index (χ4v) is 1.64. The van der Waals surface area contributed by atoms with Gasteiger partial charge in [-0.15, -0.1) is 0 Å². The maximum Gasteiger partial charge on any atom is 0.387 e. The Morgan fingerprint density at radius 3 is 1.95 bits per heavy atom. The van der Waals surface area contributed by atoms with Gasteiger partial charge in [-0.1, -0.05) is 0 Å². The van der Waals surface area contributed by atoms with Crippen LogP contribution in [0, 0.1) is 11.3 Å². The van der Waals surface area contributed by atoms with Crippen LogP contribution in [0.3, 0.4) is 0 Å². The van der Waals surface area contributed by atoms with Crippen molar-refractivity contribution in [3.05, 3.63) is 54.1 Å². The van der Waals surface area contributed by atoms with E-state index in [4.69, 9.17) is 5.26 Å². The number of urea groups is 1. The summed E-state index contributed by atoms with van der Waals surface area (Å²) in [6.07, 6.45) is 0. The highest BCUT2D eigenvalue weighted by Gasteiger charge is 2.06. The molecule has 2 rings (SSSR count). The van der Waals surface area contributed by atoms with Crippen LogP contribution in [-0.2, 0) is 0 Å². The second-order valence-electron chi connectivity index (χ2n) is 4.17. The molecule has 0 aliphatic heterocycles. The number of hydrogen-bond acceptors (Lipinski definition) is 3. The number of anilines is 2. The van der Waals surface area contributed by atoms with Gasteiger partial charge in [0.15, 0.2) is 0 Å². The van der Waals surface area contributed by atoms with Crippen LogP contribution < -0.4 is 15.4 Å². The van der Waals surface area contributed by atoms with Gasteiger partial charge in [-0.2, -0.15) is 14.0 Å². The van der Waals surface area contributed by atoms with Crippen molar-refractivity contribution in [3.63, 3.8) is 0 Å². The van der Waals surface area contributed by atoms with Crippen molar-refractivity contribution in [2.45, 2.75) is 6.61 Å². The monoisotopic (exact) mass is 303 g/mol. The summed E-state index contributed by atoms with van der Waals surface area (Å²) in [4.78, 5) is 11.8. The van der Waals surface area contributed by atoms with Gasteiger partial charge in [0, 0.05) is 11.4 Å². The molecule has 0 aliphatic rings. The normalized spacial score (nSPS) is 9.91. The average molecular weight is 303 g/mol. The molecular weight excluding hydrogens is 292 g/mol. The summed E-state index contributed by atoms with van der Waals surface area (Å²) >= 11 is 0. The highest BCUT2D eigenvalue weighted by Crippen LogP contribution is 2.18. The number of nitriles is 1. The highest BCUT2D eigenvalue weighted by molar-refractivity contribution is 5.99. The lowest BCUT2D eigenvalue weighted by Gasteiger charge is -2.09. The summed E-state index contributed by atoms with van der Waals surface area (Å²) in [7, 11) is 0. The van der Waals surface area contributed by atoms with Crippen LogP contribution in [0.15, 0.2) is 48.5 Å². The van der Waals surface area contributed by atoms with Gasteiger partial charge in [-0.3, -0.25) is 0 Å². The first-order valence-electron chi connectivity index (χ1n) is 6.20. The van der Waals surface area contributed by atoms with Gasteiger partial charge in [-0.05, 0) is 48.5 Å². The van der Waals surface area contributed by atoms with Gasteiger partial charge in [0.25, 0.3) is 0 Å². The van der Waals surface area contributed by atoms with Gasteiger partial charge in [0.2, 0.25) is 0 Å². The van der Waals surface area contributed by atoms with Crippen molar-refractivity contribution < 1.29 is 18.3 Å². The summed E-state index contributed by atoms with van der Waals surface area (Å²) in [5, 5.41) is 13.8. The maximum atomic E-state index is 12.0. The molecule has 5 nitrogen and oxygen atoms in total. The number of nitrogens with one attached hydrogen (secondary N) is 2. The van der Waals surface area contributed by atoms with Gasteiger partial charge in [-0.25, -0.2) is 4.79 Å². The molecule has 2 aromatic rings. The van der Waals surface area contributed by atoms with E-state index in [2.05, 4.69) is 15.4 Å². The molecule has 7 heteroatoms. The zero-order valence-corrected chi connectivity index (χ0v) is 11.2. The molecule has 0 unspecified atom stereocenters. The van der Waals surface area contributed by atoms with Crippen LogP contribution in [0.4, 0.5) is 25.0 Å². The third kappa shape index (κ3) is 4.45. The standard InChI is InChI=1S/C15H11F2N3O2/c16-14(17)22-13-7-5-12(6-8-13)20-15(21)19-11-3-1-10(9-18)2-4-11/h1-8,14H,(H2,19,20,21). The third-order valence-corrected chi connectivity index (χ3v) is 2.61. The molecule has 0 aliphatic carbocycles. The van der Waals surface area contributed by atoms with E-state index in [1.807, 2.05) is 6.07 Å². The molecule has 0 heterocycles. The van der Waals surface area contributed by atoms with Crippen molar-refractivity contribution in [1.82, 2.24) is 0 Å². The molecule has 0 aromatic heterocycles. The minimum absolute atomic E-state index is 0.00745. The molecular formula is C15H11F2N3O2. The molecule has 0 radical (unpaired) electrons. The average Bonchev–Trinajstić information content (AvgIpc) is 2.49. The number of carbonyl (C=O) groups is 1. The number of rotatable bonds is 4. The summed E-state index contributed by atoms with van der Waals surface area (Å²) in [5.74, 6) is 0.00745. The zero-order valence-electron chi connectivity index (χ0n) is 11.2. The molecule has 2 amide bonds. The van der Waals surface area contributed by atoms with E-state index >= 15 is 0 Å². The summed E-state index contributed by atoms with van der Waals surface area (Å²) in [6.45, 7) is -2.89. The minimum Gasteiger partial charge on any atom is -0.435 e. The predicted octanol–water partition coefficient (Wildman–Crippen LogP) is 3.80. The number of alkyl halides is 2. The van der Waals surface area contributed by atoms with Gasteiger partial charge in [0.05, 0.1) is 11.6 Å². The first-order valence-corrected chi connectivity index (χ1v) is 6.20. The lowest BCUT2D eigenvalue weighted by molar-refractivity contribution is -0.0498. The maximum absolute atomic E-state index is 12.0. The molecule has 0 spiro atoms. The van der Waals surface area contributed by atoms with Crippen molar-refractivity contribution in [2.24, 2.45) is 0 Å². The Labute approximate surface area is 125 Å². The lowest BCUT2D eigenvalue weighted by atomic mass is 10.2. The Morgan fingerprint density at radius 1 is 1.00 bits per heavy atom. The van der Waals surface area contributed by atoms with E-state index in [1.165, 1.54) is 24.3 Å². The molecule has 2 N–H and O–H groups in total. The van der Waals surface area contributed by atoms with E-state index in [0.717, 1.165) is 0 Å². The smallest absolute Gasteiger partial charge is 0.387 e. The quantitative estimate of drug-likeness (QED) is 0.902. The Bertz CT molecular complexity index is 679. The zero-order chi connectivity index (χ0) is 15.9. The van der Waals surface area contributed by atoms with Crippen LogP contribution in [-0.4, -0.2) is 12.6 Å². The molecule has 22 heavy (non-hydrogen) atoms. The number of ether oxygens (including phenoxy) is 1.